The van der Waals surface area contributed by atoms with Gasteiger partial charge in [-0.2, -0.15) is 0 Å². The molecule has 1 aromatic rings. The monoisotopic (exact) mass is 276 g/mol. The third-order valence-corrected chi connectivity index (χ3v) is 1.85. The van der Waals surface area contributed by atoms with Gasteiger partial charge < -0.3 is 0 Å². The summed E-state index contributed by atoms with van der Waals surface area (Å²) >= 11 is 1.92. The number of carbonyl (C=O) groups excluding carboxylic acids is 1. The lowest BCUT2D eigenvalue weighted by Crippen LogP contribution is -2.16. The van der Waals surface area contributed by atoms with Crippen LogP contribution in [0.3, 0.4) is 0 Å². The smallest absolute Gasteiger partial charge is 0.280 e. The maximum atomic E-state index is 11.3. The first kappa shape index (κ1) is 9.44. The molecule has 0 aliphatic rings. The average Bonchev–Trinajstić information content (AvgIpc) is 2.04. The molecular formula is C8H9IN2O. The molecule has 0 saturated heterocycles. The van der Waals surface area contributed by atoms with Crippen LogP contribution in [0.2, 0.25) is 0 Å². The van der Waals surface area contributed by atoms with E-state index in [9.17, 15) is 4.79 Å². The second kappa shape index (κ2) is 3.84. The van der Waals surface area contributed by atoms with Crippen molar-refractivity contribution in [3.8, 4) is 0 Å². The van der Waals surface area contributed by atoms with E-state index in [-0.39, 0.29) is 5.91 Å². The second-order valence-electron chi connectivity index (χ2n) is 2.50. The molecule has 0 fully saturated rings. The van der Waals surface area contributed by atoms with E-state index in [4.69, 9.17) is 0 Å². The Morgan fingerprint density at radius 2 is 2.25 bits per heavy atom. The van der Waals surface area contributed by atoms with E-state index < -0.39 is 0 Å². The van der Waals surface area contributed by atoms with Gasteiger partial charge in [-0.1, -0.05) is 6.07 Å². The van der Waals surface area contributed by atoms with Crippen molar-refractivity contribution < 1.29 is 4.79 Å². The number of halogens is 1. The first-order valence-corrected chi connectivity index (χ1v) is 4.44. The Labute approximate surface area is 85.3 Å². The van der Waals surface area contributed by atoms with E-state index in [2.05, 4.69) is 4.98 Å². The number of aryl methyl sites for hydroxylation is 1. The van der Waals surface area contributed by atoms with E-state index in [1.165, 1.54) is 3.11 Å². The van der Waals surface area contributed by atoms with Crippen molar-refractivity contribution in [3.05, 3.63) is 29.6 Å². The van der Waals surface area contributed by atoms with Crippen molar-refractivity contribution in [1.29, 1.82) is 0 Å². The summed E-state index contributed by atoms with van der Waals surface area (Å²) in [4.78, 5) is 15.3. The highest BCUT2D eigenvalue weighted by atomic mass is 127. The van der Waals surface area contributed by atoms with E-state index in [0.29, 0.717) is 5.69 Å². The third-order valence-electron chi connectivity index (χ3n) is 1.41. The minimum Gasteiger partial charge on any atom is -0.283 e. The maximum absolute atomic E-state index is 11.3. The first-order valence-electron chi connectivity index (χ1n) is 3.48. The molecule has 1 rings (SSSR count). The van der Waals surface area contributed by atoms with Crippen LogP contribution in [0.4, 0.5) is 0 Å². The molecule has 12 heavy (non-hydrogen) atoms. The molecule has 0 aliphatic carbocycles. The van der Waals surface area contributed by atoms with Crippen molar-refractivity contribution in [3.63, 3.8) is 0 Å². The number of rotatable bonds is 1. The average molecular weight is 276 g/mol. The van der Waals surface area contributed by atoms with Gasteiger partial charge in [0.2, 0.25) is 0 Å². The zero-order chi connectivity index (χ0) is 9.14. The fourth-order valence-corrected chi connectivity index (χ4v) is 0.999. The summed E-state index contributed by atoms with van der Waals surface area (Å²) < 4.78 is 1.48. The minimum absolute atomic E-state index is 0.0735. The summed E-state index contributed by atoms with van der Waals surface area (Å²) in [7, 11) is 1.70. The van der Waals surface area contributed by atoms with Crippen LogP contribution in [0.1, 0.15) is 16.1 Å². The number of aromatic nitrogens is 1. The van der Waals surface area contributed by atoms with Gasteiger partial charge in [0.15, 0.2) is 0 Å². The Hall–Kier alpha value is -0.650. The summed E-state index contributed by atoms with van der Waals surface area (Å²) in [5, 5.41) is 0. The Morgan fingerprint density at radius 1 is 1.58 bits per heavy atom. The lowest BCUT2D eigenvalue weighted by Gasteiger charge is -2.06. The van der Waals surface area contributed by atoms with Gasteiger partial charge in [0.1, 0.15) is 5.69 Å². The van der Waals surface area contributed by atoms with Crippen LogP contribution < -0.4 is 0 Å². The molecule has 0 radical (unpaired) electrons. The predicted octanol–water partition coefficient (Wildman–Crippen LogP) is 1.81. The van der Waals surface area contributed by atoms with Crippen molar-refractivity contribution in [2.24, 2.45) is 0 Å². The number of pyridine rings is 1. The van der Waals surface area contributed by atoms with Crippen molar-refractivity contribution >= 4 is 28.8 Å². The number of hydrogen-bond acceptors (Lipinski definition) is 2. The summed E-state index contributed by atoms with van der Waals surface area (Å²) in [6.45, 7) is 1.94. The lowest BCUT2D eigenvalue weighted by atomic mass is 10.3. The van der Waals surface area contributed by atoms with Gasteiger partial charge in [-0.05, 0) is 18.6 Å². The van der Waals surface area contributed by atoms with Crippen LogP contribution in [0, 0.1) is 6.92 Å². The molecule has 4 heteroatoms. The maximum Gasteiger partial charge on any atom is 0.280 e. The SMILES string of the molecule is Cc1ccc(C(=O)N(C)I)nc1. The van der Waals surface area contributed by atoms with Crippen molar-refractivity contribution in [1.82, 2.24) is 8.10 Å². The third kappa shape index (κ3) is 2.17. The van der Waals surface area contributed by atoms with E-state index in [0.717, 1.165) is 5.56 Å². The molecule has 0 bridgehead atoms. The summed E-state index contributed by atoms with van der Waals surface area (Å²) in [5.41, 5.74) is 1.54. The number of carbonyl (C=O) groups is 1. The number of amides is 1. The fraction of sp³-hybridized carbons (Fsp3) is 0.250. The van der Waals surface area contributed by atoms with E-state index in [1.807, 2.05) is 35.9 Å². The molecule has 64 valence electrons. The van der Waals surface area contributed by atoms with Crippen LogP contribution in [-0.2, 0) is 0 Å². The van der Waals surface area contributed by atoms with Gasteiger partial charge in [-0.3, -0.25) is 12.9 Å². The summed E-state index contributed by atoms with van der Waals surface area (Å²) in [6, 6.07) is 3.60. The molecule has 0 aromatic carbocycles. The van der Waals surface area contributed by atoms with Gasteiger partial charge in [0, 0.05) is 13.2 Å². The highest BCUT2D eigenvalue weighted by Crippen LogP contribution is 2.04. The first-order chi connectivity index (χ1) is 5.61. The van der Waals surface area contributed by atoms with Gasteiger partial charge >= 0.3 is 0 Å². The Balaban J connectivity index is 2.90. The molecule has 1 amide bonds. The number of nitrogens with zero attached hydrogens (tertiary/aromatic N) is 2. The van der Waals surface area contributed by atoms with Crippen molar-refractivity contribution in [2.75, 3.05) is 7.05 Å². The normalized spacial score (nSPS) is 9.58. The highest BCUT2D eigenvalue weighted by Gasteiger charge is 2.08. The second-order valence-corrected chi connectivity index (χ2v) is 3.95. The quantitative estimate of drug-likeness (QED) is 0.579. The minimum atomic E-state index is -0.0735. The van der Waals surface area contributed by atoms with Crippen LogP contribution in [0.5, 0.6) is 0 Å². The van der Waals surface area contributed by atoms with Crippen molar-refractivity contribution in [2.45, 2.75) is 6.92 Å². The lowest BCUT2D eigenvalue weighted by molar-refractivity contribution is 0.0901. The largest absolute Gasteiger partial charge is 0.283 e. The summed E-state index contributed by atoms with van der Waals surface area (Å²) in [5.74, 6) is -0.0735. The Bertz CT molecular complexity index is 282. The van der Waals surface area contributed by atoms with Crippen LogP contribution in [0.15, 0.2) is 18.3 Å². The van der Waals surface area contributed by atoms with Gasteiger partial charge in [0.05, 0.1) is 22.9 Å². The molecule has 3 nitrogen and oxygen atoms in total. The molecule has 0 saturated carbocycles. The molecule has 0 unspecified atom stereocenters. The van der Waals surface area contributed by atoms with Crippen LogP contribution >= 0.6 is 22.9 Å². The zero-order valence-corrected chi connectivity index (χ0v) is 9.07. The molecule has 1 aromatic heterocycles. The van der Waals surface area contributed by atoms with Gasteiger partial charge in [0.25, 0.3) is 5.91 Å². The topological polar surface area (TPSA) is 33.2 Å². The Kier molecular flexibility index (Phi) is 3.02. The van der Waals surface area contributed by atoms with Crippen LogP contribution in [0.25, 0.3) is 0 Å². The fourth-order valence-electron chi connectivity index (χ4n) is 0.752. The molecule has 1 heterocycles. The van der Waals surface area contributed by atoms with Crippen LogP contribution in [-0.4, -0.2) is 21.1 Å². The molecular weight excluding hydrogens is 267 g/mol. The zero-order valence-electron chi connectivity index (χ0n) is 6.91. The number of hydrogen-bond donors (Lipinski definition) is 0. The van der Waals surface area contributed by atoms with E-state index >= 15 is 0 Å². The molecule has 0 N–H and O–H groups in total. The van der Waals surface area contributed by atoms with Gasteiger partial charge in [-0.15, -0.1) is 0 Å². The molecule has 0 spiro atoms. The molecule has 0 atom stereocenters. The predicted molar refractivity (Wildman–Crippen MR) is 55.1 cm³/mol. The molecule has 0 aliphatic heterocycles. The standard InChI is InChI=1S/C8H9IN2O/c1-6-3-4-7(10-5-6)8(12)11(2)9/h3-5H,1-2H3. The Morgan fingerprint density at radius 3 is 2.67 bits per heavy atom. The van der Waals surface area contributed by atoms with Gasteiger partial charge in [-0.25, -0.2) is 0 Å². The summed E-state index contributed by atoms with van der Waals surface area (Å²) in [6.07, 6.45) is 1.69. The highest BCUT2D eigenvalue weighted by molar-refractivity contribution is 14.1. The van der Waals surface area contributed by atoms with E-state index in [1.54, 1.807) is 19.3 Å².